The third-order valence-electron chi connectivity index (χ3n) is 4.30. The second-order valence-electron chi connectivity index (χ2n) is 5.63. The van der Waals surface area contributed by atoms with Crippen molar-refractivity contribution in [1.82, 2.24) is 14.9 Å². The van der Waals surface area contributed by atoms with Crippen molar-refractivity contribution in [2.24, 2.45) is 5.92 Å². The monoisotopic (exact) mass is 283 g/mol. The van der Waals surface area contributed by atoms with Crippen molar-refractivity contribution in [3.8, 4) is 0 Å². The molecule has 21 heavy (non-hydrogen) atoms. The topological polar surface area (TPSA) is 46.9 Å². The maximum atomic E-state index is 12.7. The Labute approximate surface area is 125 Å². The van der Waals surface area contributed by atoms with Gasteiger partial charge in [0.25, 0.3) is 0 Å². The molecule has 3 rings (SSSR count). The van der Waals surface area contributed by atoms with E-state index in [2.05, 4.69) is 29.4 Å². The van der Waals surface area contributed by atoms with Crippen molar-refractivity contribution in [2.75, 3.05) is 13.1 Å². The fourth-order valence-corrected chi connectivity index (χ4v) is 2.98. The highest BCUT2D eigenvalue weighted by Gasteiger charge is 2.26. The number of imidazole rings is 1. The van der Waals surface area contributed by atoms with Gasteiger partial charge in [-0.2, -0.15) is 0 Å². The minimum atomic E-state index is 0.107. The Kier molecular flexibility index (Phi) is 4.15. The number of nitrogens with one attached hydrogen (secondary N) is 1. The number of carbonyl (C=O) groups excluding carboxylic acids is 1. The molecule has 0 bridgehead atoms. The van der Waals surface area contributed by atoms with E-state index >= 15 is 0 Å². The van der Waals surface area contributed by atoms with E-state index < -0.39 is 0 Å². The van der Waals surface area contributed by atoms with Crippen LogP contribution in [-0.4, -0.2) is 28.4 Å². The van der Waals surface area contributed by atoms with Gasteiger partial charge in [-0.05, 0) is 38.4 Å². The van der Waals surface area contributed by atoms with E-state index in [1.807, 2.05) is 29.0 Å². The molecule has 1 aliphatic heterocycles. The average Bonchev–Trinajstić information content (AvgIpc) is 3.04. The van der Waals surface area contributed by atoms with Crippen LogP contribution >= 0.6 is 0 Å². The van der Waals surface area contributed by atoms with E-state index in [0.717, 1.165) is 25.9 Å². The van der Waals surface area contributed by atoms with Gasteiger partial charge >= 0.3 is 0 Å². The number of Topliss-reactive ketones (excluding diaryl/α,β-unsaturated/α-hetero) is 1. The van der Waals surface area contributed by atoms with Gasteiger partial charge in [0.05, 0.1) is 6.04 Å². The molecule has 1 aliphatic rings. The number of hydrogen-bond donors (Lipinski definition) is 1. The lowest BCUT2D eigenvalue weighted by Gasteiger charge is -2.23. The fraction of sp³-hybridized carbons (Fsp3) is 0.412. The third-order valence-corrected chi connectivity index (χ3v) is 4.30. The zero-order chi connectivity index (χ0) is 14.7. The predicted octanol–water partition coefficient (Wildman–Crippen LogP) is 2.67. The van der Waals surface area contributed by atoms with Gasteiger partial charge in [-0.3, -0.25) is 4.79 Å². The van der Waals surface area contributed by atoms with Gasteiger partial charge in [0.2, 0.25) is 5.78 Å². The van der Waals surface area contributed by atoms with Crippen LogP contribution < -0.4 is 5.32 Å². The highest BCUT2D eigenvalue weighted by Crippen LogP contribution is 2.23. The molecule has 1 N–H and O–H groups in total. The number of nitrogens with zero attached hydrogens (tertiary/aromatic N) is 2. The van der Waals surface area contributed by atoms with E-state index in [0.29, 0.717) is 5.82 Å². The summed E-state index contributed by atoms with van der Waals surface area (Å²) in [5.41, 5.74) is 1.19. The van der Waals surface area contributed by atoms with Crippen LogP contribution in [0.15, 0.2) is 42.7 Å². The van der Waals surface area contributed by atoms with Crippen molar-refractivity contribution >= 4 is 5.78 Å². The van der Waals surface area contributed by atoms with Gasteiger partial charge in [0, 0.05) is 18.3 Å². The van der Waals surface area contributed by atoms with E-state index in [1.165, 1.54) is 5.56 Å². The maximum absolute atomic E-state index is 12.7. The molecule has 0 spiro atoms. The summed E-state index contributed by atoms with van der Waals surface area (Å²) in [6, 6.07) is 10.3. The zero-order valence-electron chi connectivity index (χ0n) is 12.3. The molecule has 2 heterocycles. The summed E-state index contributed by atoms with van der Waals surface area (Å²) in [4.78, 5) is 17.0. The molecule has 110 valence electrons. The molecule has 1 aromatic carbocycles. The van der Waals surface area contributed by atoms with Crippen LogP contribution in [0, 0.1) is 5.92 Å². The van der Waals surface area contributed by atoms with Gasteiger partial charge in [-0.1, -0.05) is 30.3 Å². The van der Waals surface area contributed by atoms with Crippen molar-refractivity contribution < 1.29 is 4.79 Å². The first kappa shape index (κ1) is 14.0. The van der Waals surface area contributed by atoms with Gasteiger partial charge in [-0.15, -0.1) is 0 Å². The van der Waals surface area contributed by atoms with Crippen LogP contribution in [0.3, 0.4) is 0 Å². The number of rotatable bonds is 4. The molecule has 4 nitrogen and oxygen atoms in total. The molecule has 2 aromatic rings. The largest absolute Gasteiger partial charge is 0.321 e. The van der Waals surface area contributed by atoms with Gasteiger partial charge in [-0.25, -0.2) is 4.98 Å². The molecule has 1 saturated heterocycles. The van der Waals surface area contributed by atoms with Crippen LogP contribution in [0.1, 0.15) is 42.0 Å². The summed E-state index contributed by atoms with van der Waals surface area (Å²) in [6.07, 6.45) is 5.45. The highest BCUT2D eigenvalue weighted by atomic mass is 16.1. The molecule has 1 unspecified atom stereocenters. The standard InChI is InChI=1S/C17H21N3O/c1-13(14-5-3-2-4-6-14)20-12-11-19-17(20)16(21)15-7-9-18-10-8-15/h2-6,11-13,15,18H,7-10H2,1H3. The van der Waals surface area contributed by atoms with E-state index in [1.54, 1.807) is 6.20 Å². The van der Waals surface area contributed by atoms with Crippen molar-refractivity contribution in [2.45, 2.75) is 25.8 Å². The van der Waals surface area contributed by atoms with E-state index in [9.17, 15) is 4.79 Å². The van der Waals surface area contributed by atoms with E-state index in [4.69, 9.17) is 0 Å². The Morgan fingerprint density at radius 3 is 2.71 bits per heavy atom. The average molecular weight is 283 g/mol. The minimum absolute atomic E-state index is 0.107. The Hall–Kier alpha value is -1.94. The molecule has 1 atom stereocenters. The van der Waals surface area contributed by atoms with Gasteiger partial charge < -0.3 is 9.88 Å². The first-order valence-electron chi connectivity index (χ1n) is 7.60. The number of hydrogen-bond acceptors (Lipinski definition) is 3. The van der Waals surface area contributed by atoms with Crippen molar-refractivity contribution in [3.63, 3.8) is 0 Å². The number of ketones is 1. The molecule has 4 heteroatoms. The second kappa shape index (κ2) is 6.22. The second-order valence-corrected chi connectivity index (χ2v) is 5.63. The Morgan fingerprint density at radius 1 is 1.29 bits per heavy atom. The predicted molar refractivity (Wildman–Crippen MR) is 82.4 cm³/mol. The zero-order valence-corrected chi connectivity index (χ0v) is 12.3. The summed E-state index contributed by atoms with van der Waals surface area (Å²) in [7, 11) is 0. The van der Waals surface area contributed by atoms with Crippen LogP contribution in [0.25, 0.3) is 0 Å². The summed E-state index contributed by atoms with van der Waals surface area (Å²) < 4.78 is 2.00. The van der Waals surface area contributed by atoms with Crippen molar-refractivity contribution in [3.05, 3.63) is 54.1 Å². The Morgan fingerprint density at radius 2 is 2.00 bits per heavy atom. The first-order chi connectivity index (χ1) is 10.3. The number of aromatic nitrogens is 2. The number of benzene rings is 1. The Bertz CT molecular complexity index is 600. The minimum Gasteiger partial charge on any atom is -0.321 e. The lowest BCUT2D eigenvalue weighted by atomic mass is 9.93. The lowest BCUT2D eigenvalue weighted by Crippen LogP contribution is -2.33. The van der Waals surface area contributed by atoms with Crippen molar-refractivity contribution in [1.29, 1.82) is 0 Å². The quantitative estimate of drug-likeness (QED) is 0.878. The third kappa shape index (κ3) is 2.90. The van der Waals surface area contributed by atoms with Crippen LogP contribution in [0.5, 0.6) is 0 Å². The summed E-state index contributed by atoms with van der Waals surface area (Å²) in [6.45, 7) is 3.95. The van der Waals surface area contributed by atoms with Crippen LogP contribution in [-0.2, 0) is 0 Å². The molecule has 0 amide bonds. The molecule has 0 aliphatic carbocycles. The molecule has 1 fully saturated rings. The smallest absolute Gasteiger partial charge is 0.201 e. The van der Waals surface area contributed by atoms with Gasteiger partial charge in [0.1, 0.15) is 0 Å². The molecule has 1 aromatic heterocycles. The summed E-state index contributed by atoms with van der Waals surface area (Å²) >= 11 is 0. The Balaban J connectivity index is 1.85. The normalized spacial score (nSPS) is 17.6. The fourth-order valence-electron chi connectivity index (χ4n) is 2.98. The number of carbonyl (C=O) groups is 1. The SMILES string of the molecule is CC(c1ccccc1)n1ccnc1C(=O)C1CCNCC1. The molecular formula is C17H21N3O. The number of piperidine rings is 1. The maximum Gasteiger partial charge on any atom is 0.201 e. The van der Waals surface area contributed by atoms with Crippen LogP contribution in [0.2, 0.25) is 0 Å². The molecule has 0 saturated carbocycles. The summed E-state index contributed by atoms with van der Waals surface area (Å²) in [5.74, 6) is 0.887. The molecular weight excluding hydrogens is 262 g/mol. The van der Waals surface area contributed by atoms with Crippen LogP contribution in [0.4, 0.5) is 0 Å². The summed E-state index contributed by atoms with van der Waals surface area (Å²) in [5, 5.41) is 3.30. The first-order valence-corrected chi connectivity index (χ1v) is 7.60. The van der Waals surface area contributed by atoms with Gasteiger partial charge in [0.15, 0.2) is 5.82 Å². The lowest BCUT2D eigenvalue weighted by molar-refractivity contribution is 0.0878. The highest BCUT2D eigenvalue weighted by molar-refractivity contribution is 5.94. The van der Waals surface area contributed by atoms with E-state index in [-0.39, 0.29) is 17.7 Å². The molecule has 0 radical (unpaired) electrons.